The molecule has 0 saturated carbocycles. The molecule has 1 amide bonds. The van der Waals surface area contributed by atoms with Gasteiger partial charge in [0.2, 0.25) is 10.0 Å². The molecule has 0 aromatic heterocycles. The second kappa shape index (κ2) is 8.86. The van der Waals surface area contributed by atoms with Crippen molar-refractivity contribution in [3.05, 3.63) is 65.7 Å². The molecule has 150 valence electrons. The molecule has 2 N–H and O–H groups in total. The summed E-state index contributed by atoms with van der Waals surface area (Å²) in [5, 5.41) is 3.02. The molecule has 0 bridgehead atoms. The van der Waals surface area contributed by atoms with Gasteiger partial charge in [-0.3, -0.25) is 4.79 Å². The zero-order valence-electron chi connectivity index (χ0n) is 16.3. The summed E-state index contributed by atoms with van der Waals surface area (Å²) in [6, 6.07) is 15.3. The summed E-state index contributed by atoms with van der Waals surface area (Å²) >= 11 is 0. The Morgan fingerprint density at radius 2 is 1.75 bits per heavy atom. The van der Waals surface area contributed by atoms with Crippen LogP contribution in [0.1, 0.15) is 41.7 Å². The summed E-state index contributed by atoms with van der Waals surface area (Å²) in [5.41, 5.74) is 1.23. The maximum atomic E-state index is 12.8. The van der Waals surface area contributed by atoms with Gasteiger partial charge < -0.3 is 10.2 Å². The van der Waals surface area contributed by atoms with Crippen molar-refractivity contribution in [2.24, 2.45) is 0 Å². The zero-order chi connectivity index (χ0) is 20.1. The van der Waals surface area contributed by atoms with Crippen LogP contribution in [0.25, 0.3) is 0 Å². The van der Waals surface area contributed by atoms with Gasteiger partial charge in [0.1, 0.15) is 0 Å². The Labute approximate surface area is 167 Å². The number of likely N-dealkylation sites (tertiary alicyclic amines) is 1. The third kappa shape index (κ3) is 5.19. The number of hydrogen-bond acceptors (Lipinski definition) is 4. The van der Waals surface area contributed by atoms with Gasteiger partial charge in [-0.15, -0.1) is 0 Å². The molecule has 1 aliphatic rings. The fourth-order valence-corrected chi connectivity index (χ4v) is 4.61. The van der Waals surface area contributed by atoms with E-state index in [1.165, 1.54) is 12.1 Å². The largest absolute Gasteiger partial charge is 0.349 e. The standard InChI is InChI=1S/C21H27N3O3S/c1-16(17-7-4-3-5-8-17)23-28(26,27)20-10-6-9-18(15-20)21(25)22-19-11-13-24(2)14-12-19/h3-10,15-16,19,23H,11-14H2,1-2H3,(H,22,25). The highest BCUT2D eigenvalue weighted by molar-refractivity contribution is 7.89. The number of amides is 1. The van der Waals surface area contributed by atoms with Crippen LogP contribution in [0.15, 0.2) is 59.5 Å². The van der Waals surface area contributed by atoms with Crippen molar-refractivity contribution in [3.63, 3.8) is 0 Å². The van der Waals surface area contributed by atoms with Crippen molar-refractivity contribution in [3.8, 4) is 0 Å². The number of rotatable bonds is 6. The van der Waals surface area contributed by atoms with Gasteiger partial charge in [0.05, 0.1) is 4.90 Å². The number of sulfonamides is 1. The van der Waals surface area contributed by atoms with E-state index in [2.05, 4.69) is 22.0 Å². The second-order valence-corrected chi connectivity index (χ2v) is 9.05. The van der Waals surface area contributed by atoms with Crippen molar-refractivity contribution < 1.29 is 13.2 Å². The minimum atomic E-state index is -3.74. The van der Waals surface area contributed by atoms with Gasteiger partial charge in [-0.2, -0.15) is 0 Å². The average molecular weight is 402 g/mol. The van der Waals surface area contributed by atoms with Crippen LogP contribution in [0.5, 0.6) is 0 Å². The van der Waals surface area contributed by atoms with Gasteiger partial charge >= 0.3 is 0 Å². The maximum absolute atomic E-state index is 12.8. The predicted octanol–water partition coefficient (Wildman–Crippen LogP) is 2.55. The van der Waals surface area contributed by atoms with E-state index in [-0.39, 0.29) is 22.9 Å². The van der Waals surface area contributed by atoms with Gasteiger partial charge in [-0.05, 0) is 63.7 Å². The number of carbonyl (C=O) groups is 1. The quantitative estimate of drug-likeness (QED) is 0.780. The number of carbonyl (C=O) groups excluding carboxylic acids is 1. The summed E-state index contributed by atoms with van der Waals surface area (Å²) < 4.78 is 28.2. The maximum Gasteiger partial charge on any atom is 0.251 e. The molecule has 1 unspecified atom stereocenters. The molecule has 1 atom stereocenters. The molecular formula is C21H27N3O3S. The molecule has 3 rings (SSSR count). The van der Waals surface area contributed by atoms with E-state index in [0.717, 1.165) is 31.5 Å². The van der Waals surface area contributed by atoms with Crippen molar-refractivity contribution in [1.82, 2.24) is 14.9 Å². The molecule has 6 nitrogen and oxygen atoms in total. The zero-order valence-corrected chi connectivity index (χ0v) is 17.1. The molecule has 0 aliphatic carbocycles. The molecular weight excluding hydrogens is 374 g/mol. The van der Waals surface area contributed by atoms with E-state index in [1.54, 1.807) is 19.1 Å². The Morgan fingerprint density at radius 1 is 1.07 bits per heavy atom. The summed E-state index contributed by atoms with van der Waals surface area (Å²) in [6.45, 7) is 3.69. The molecule has 2 aromatic carbocycles. The van der Waals surface area contributed by atoms with Gasteiger partial charge in [0, 0.05) is 17.6 Å². The van der Waals surface area contributed by atoms with Crippen molar-refractivity contribution in [1.29, 1.82) is 0 Å². The molecule has 0 radical (unpaired) electrons. The highest BCUT2D eigenvalue weighted by atomic mass is 32.2. The molecule has 1 aliphatic heterocycles. The Bertz CT molecular complexity index is 908. The fourth-order valence-electron chi connectivity index (χ4n) is 3.34. The number of nitrogens with one attached hydrogen (secondary N) is 2. The molecule has 2 aromatic rings. The van der Waals surface area contributed by atoms with Crippen LogP contribution < -0.4 is 10.0 Å². The molecule has 7 heteroatoms. The van der Waals surface area contributed by atoms with Crippen LogP contribution in [0.4, 0.5) is 0 Å². The Balaban J connectivity index is 1.70. The van der Waals surface area contributed by atoms with Crippen LogP contribution in [-0.4, -0.2) is 45.4 Å². The third-order valence-electron chi connectivity index (χ3n) is 5.09. The lowest BCUT2D eigenvalue weighted by Gasteiger charge is -2.29. The Hall–Kier alpha value is -2.22. The van der Waals surface area contributed by atoms with Crippen LogP contribution in [0.3, 0.4) is 0 Å². The first-order valence-corrected chi connectivity index (χ1v) is 11.0. The van der Waals surface area contributed by atoms with Crippen molar-refractivity contribution in [2.45, 2.75) is 36.7 Å². The van der Waals surface area contributed by atoms with Gasteiger partial charge in [-0.25, -0.2) is 13.1 Å². The minimum Gasteiger partial charge on any atom is -0.349 e. The number of benzene rings is 2. The van der Waals surface area contributed by atoms with E-state index < -0.39 is 10.0 Å². The molecule has 0 spiro atoms. The SMILES string of the molecule is CC(NS(=O)(=O)c1cccc(C(=O)NC2CCN(C)CC2)c1)c1ccccc1. The van der Waals surface area contributed by atoms with E-state index in [1.807, 2.05) is 30.3 Å². The van der Waals surface area contributed by atoms with Gasteiger partial charge in [0.15, 0.2) is 0 Å². The summed E-state index contributed by atoms with van der Waals surface area (Å²) in [7, 11) is -1.68. The highest BCUT2D eigenvalue weighted by Gasteiger charge is 2.22. The van der Waals surface area contributed by atoms with Gasteiger partial charge in [0.25, 0.3) is 5.91 Å². The van der Waals surface area contributed by atoms with E-state index in [9.17, 15) is 13.2 Å². The van der Waals surface area contributed by atoms with Crippen LogP contribution in [-0.2, 0) is 10.0 Å². The van der Waals surface area contributed by atoms with Crippen molar-refractivity contribution >= 4 is 15.9 Å². The summed E-state index contributed by atoms with van der Waals surface area (Å²) in [6.07, 6.45) is 1.80. The van der Waals surface area contributed by atoms with E-state index >= 15 is 0 Å². The first kappa shape index (κ1) is 20.5. The first-order chi connectivity index (χ1) is 13.3. The predicted molar refractivity (Wildman–Crippen MR) is 110 cm³/mol. The smallest absolute Gasteiger partial charge is 0.251 e. The molecule has 1 saturated heterocycles. The second-order valence-electron chi connectivity index (χ2n) is 7.33. The lowest BCUT2D eigenvalue weighted by molar-refractivity contribution is 0.0916. The number of piperidine rings is 1. The van der Waals surface area contributed by atoms with E-state index in [0.29, 0.717) is 5.56 Å². The lowest BCUT2D eigenvalue weighted by Crippen LogP contribution is -2.43. The molecule has 28 heavy (non-hydrogen) atoms. The number of nitrogens with zero attached hydrogens (tertiary/aromatic N) is 1. The highest BCUT2D eigenvalue weighted by Crippen LogP contribution is 2.18. The van der Waals surface area contributed by atoms with Crippen molar-refractivity contribution in [2.75, 3.05) is 20.1 Å². The van der Waals surface area contributed by atoms with Gasteiger partial charge in [-0.1, -0.05) is 36.4 Å². The average Bonchev–Trinajstić information content (AvgIpc) is 2.70. The molecule has 1 heterocycles. The third-order valence-corrected chi connectivity index (χ3v) is 6.63. The topological polar surface area (TPSA) is 78.5 Å². The lowest BCUT2D eigenvalue weighted by atomic mass is 10.0. The Morgan fingerprint density at radius 3 is 2.43 bits per heavy atom. The number of hydrogen-bond donors (Lipinski definition) is 2. The molecule has 1 fully saturated rings. The van der Waals surface area contributed by atoms with E-state index in [4.69, 9.17) is 0 Å². The summed E-state index contributed by atoms with van der Waals surface area (Å²) in [5.74, 6) is -0.234. The van der Waals surface area contributed by atoms with Crippen LogP contribution in [0, 0.1) is 0 Å². The normalized spacial score (nSPS) is 17.2. The fraction of sp³-hybridized carbons (Fsp3) is 0.381. The first-order valence-electron chi connectivity index (χ1n) is 9.52. The Kier molecular flexibility index (Phi) is 6.49. The minimum absolute atomic E-state index is 0.0892. The van der Waals surface area contributed by atoms with Crippen LogP contribution >= 0.6 is 0 Å². The summed E-state index contributed by atoms with van der Waals surface area (Å²) in [4.78, 5) is 14.9. The monoisotopic (exact) mass is 401 g/mol. The van der Waals surface area contributed by atoms with Crippen LogP contribution in [0.2, 0.25) is 0 Å².